The number of ether oxygens (including phenoxy) is 1. The monoisotopic (exact) mass is 498 g/mol. The lowest BCUT2D eigenvalue weighted by Gasteiger charge is -2.27. The van der Waals surface area contributed by atoms with Gasteiger partial charge in [0.15, 0.2) is 0 Å². The second-order valence-electron chi connectivity index (χ2n) is 4.83. The van der Waals surface area contributed by atoms with Gasteiger partial charge in [0.05, 0.1) is 7.11 Å². The van der Waals surface area contributed by atoms with Crippen molar-refractivity contribution in [2.24, 2.45) is 0 Å². The van der Waals surface area contributed by atoms with Gasteiger partial charge in [-0.3, -0.25) is 4.79 Å². The standard InChI is InChI=1S/C16H14Cl3IN2O2/c1-24-13-7-5-12(6-8-13)21-15(16(17,18)19)22-14(23)10-3-2-4-11(20)9-10/h2-9,15,21H,1H3,(H,22,23). The van der Waals surface area contributed by atoms with E-state index in [1.54, 1.807) is 49.6 Å². The number of rotatable bonds is 5. The van der Waals surface area contributed by atoms with Crippen LogP contribution in [0.5, 0.6) is 5.75 Å². The average molecular weight is 500 g/mol. The van der Waals surface area contributed by atoms with Gasteiger partial charge in [0.1, 0.15) is 11.9 Å². The lowest BCUT2D eigenvalue weighted by Crippen LogP contribution is -2.49. The Morgan fingerprint density at radius 3 is 2.38 bits per heavy atom. The summed E-state index contributed by atoms with van der Waals surface area (Å²) >= 11 is 20.1. The summed E-state index contributed by atoms with van der Waals surface area (Å²) in [6, 6.07) is 14.2. The number of halogens is 4. The van der Waals surface area contributed by atoms with E-state index in [9.17, 15) is 4.79 Å². The van der Waals surface area contributed by atoms with E-state index in [0.29, 0.717) is 17.0 Å². The number of benzene rings is 2. The Kier molecular flexibility index (Phi) is 6.86. The van der Waals surface area contributed by atoms with Crippen molar-refractivity contribution in [1.29, 1.82) is 0 Å². The molecule has 2 N–H and O–H groups in total. The van der Waals surface area contributed by atoms with Crippen LogP contribution in [0.25, 0.3) is 0 Å². The minimum Gasteiger partial charge on any atom is -0.497 e. The van der Waals surface area contributed by atoms with Gasteiger partial charge in [-0.1, -0.05) is 40.9 Å². The highest BCUT2D eigenvalue weighted by atomic mass is 127. The molecule has 0 fully saturated rings. The number of alkyl halides is 3. The van der Waals surface area contributed by atoms with E-state index < -0.39 is 9.96 Å². The van der Waals surface area contributed by atoms with Gasteiger partial charge in [-0.15, -0.1) is 0 Å². The molecule has 0 saturated heterocycles. The molecule has 0 saturated carbocycles. The van der Waals surface area contributed by atoms with Crippen LogP contribution in [0.3, 0.4) is 0 Å². The highest BCUT2D eigenvalue weighted by Gasteiger charge is 2.34. The number of anilines is 1. The summed E-state index contributed by atoms with van der Waals surface area (Å²) < 4.78 is 4.30. The highest BCUT2D eigenvalue weighted by Crippen LogP contribution is 2.31. The van der Waals surface area contributed by atoms with Crippen molar-refractivity contribution in [3.63, 3.8) is 0 Å². The molecule has 0 bridgehead atoms. The van der Waals surface area contributed by atoms with E-state index in [1.165, 1.54) is 0 Å². The van der Waals surface area contributed by atoms with Crippen LogP contribution in [0, 0.1) is 3.57 Å². The number of hydrogen-bond acceptors (Lipinski definition) is 3. The summed E-state index contributed by atoms with van der Waals surface area (Å²) in [6.07, 6.45) is -0.915. The Labute approximate surface area is 168 Å². The van der Waals surface area contributed by atoms with Gasteiger partial charge in [-0.05, 0) is 65.1 Å². The van der Waals surface area contributed by atoms with Crippen molar-refractivity contribution in [1.82, 2.24) is 5.32 Å². The maximum atomic E-state index is 12.4. The molecule has 4 nitrogen and oxygen atoms in total. The molecular formula is C16H14Cl3IN2O2. The third-order valence-electron chi connectivity index (χ3n) is 3.09. The van der Waals surface area contributed by atoms with Crippen molar-refractivity contribution in [3.8, 4) is 5.75 Å². The number of carbonyl (C=O) groups is 1. The molecule has 24 heavy (non-hydrogen) atoms. The fraction of sp³-hybridized carbons (Fsp3) is 0.188. The van der Waals surface area contributed by atoms with Crippen LogP contribution in [0.2, 0.25) is 0 Å². The van der Waals surface area contributed by atoms with Gasteiger partial charge in [-0.25, -0.2) is 0 Å². The molecule has 0 aliphatic rings. The molecule has 2 aromatic carbocycles. The smallest absolute Gasteiger partial charge is 0.253 e. The lowest BCUT2D eigenvalue weighted by atomic mass is 10.2. The molecule has 0 heterocycles. The Morgan fingerprint density at radius 1 is 1.17 bits per heavy atom. The van der Waals surface area contributed by atoms with Gasteiger partial charge in [0.25, 0.3) is 5.91 Å². The first-order valence-corrected chi connectivity index (χ1v) is 9.04. The summed E-state index contributed by atoms with van der Waals surface area (Å²) in [5, 5.41) is 5.70. The number of carbonyl (C=O) groups excluding carboxylic acids is 1. The molecule has 0 aliphatic carbocycles. The van der Waals surface area contributed by atoms with Crippen molar-refractivity contribution in [2.45, 2.75) is 9.96 Å². The van der Waals surface area contributed by atoms with E-state index in [4.69, 9.17) is 39.5 Å². The van der Waals surface area contributed by atoms with E-state index in [0.717, 1.165) is 3.57 Å². The molecule has 0 spiro atoms. The molecule has 0 aliphatic heterocycles. The van der Waals surface area contributed by atoms with Crippen LogP contribution in [0.15, 0.2) is 48.5 Å². The normalized spacial score (nSPS) is 12.4. The molecular weight excluding hydrogens is 485 g/mol. The number of methoxy groups -OCH3 is 1. The van der Waals surface area contributed by atoms with E-state index in [2.05, 4.69) is 33.2 Å². The molecule has 2 rings (SSSR count). The summed E-state index contributed by atoms with van der Waals surface area (Å²) in [4.78, 5) is 12.4. The number of hydrogen-bond donors (Lipinski definition) is 2. The van der Waals surface area contributed by atoms with E-state index >= 15 is 0 Å². The van der Waals surface area contributed by atoms with Crippen LogP contribution in [-0.4, -0.2) is 23.0 Å². The van der Waals surface area contributed by atoms with Crippen molar-refractivity contribution < 1.29 is 9.53 Å². The van der Waals surface area contributed by atoms with Crippen LogP contribution >= 0.6 is 57.4 Å². The van der Waals surface area contributed by atoms with E-state index in [-0.39, 0.29) is 5.91 Å². The Bertz CT molecular complexity index is 705. The van der Waals surface area contributed by atoms with Crippen LogP contribution in [0.1, 0.15) is 10.4 Å². The van der Waals surface area contributed by atoms with Gasteiger partial charge in [0.2, 0.25) is 3.79 Å². The minimum absolute atomic E-state index is 0.342. The zero-order valence-electron chi connectivity index (χ0n) is 12.5. The fourth-order valence-corrected chi connectivity index (χ4v) is 2.77. The minimum atomic E-state index is -1.74. The predicted octanol–water partition coefficient (Wildman–Crippen LogP) is 4.84. The second kappa shape index (κ2) is 8.47. The quantitative estimate of drug-likeness (QED) is 0.352. The van der Waals surface area contributed by atoms with Crippen molar-refractivity contribution >= 4 is 69.0 Å². The summed E-state index contributed by atoms with van der Waals surface area (Å²) in [5.74, 6) is 0.361. The summed E-state index contributed by atoms with van der Waals surface area (Å²) in [5.41, 5.74) is 1.16. The van der Waals surface area contributed by atoms with Gasteiger partial charge in [-0.2, -0.15) is 0 Å². The zero-order chi connectivity index (χ0) is 17.7. The number of amides is 1. The van der Waals surface area contributed by atoms with E-state index in [1.807, 2.05) is 6.07 Å². The molecule has 0 aromatic heterocycles. The maximum Gasteiger partial charge on any atom is 0.253 e. The second-order valence-corrected chi connectivity index (χ2v) is 8.45. The Hall–Kier alpha value is -0.890. The molecule has 1 unspecified atom stereocenters. The summed E-state index contributed by atoms with van der Waals surface area (Å²) in [7, 11) is 1.58. The summed E-state index contributed by atoms with van der Waals surface area (Å²) in [6.45, 7) is 0. The van der Waals surface area contributed by atoms with Crippen LogP contribution in [-0.2, 0) is 0 Å². The third kappa shape index (κ3) is 5.58. The molecule has 0 radical (unpaired) electrons. The van der Waals surface area contributed by atoms with Gasteiger partial charge < -0.3 is 15.4 Å². The first kappa shape index (κ1) is 19.4. The van der Waals surface area contributed by atoms with Crippen molar-refractivity contribution in [2.75, 3.05) is 12.4 Å². The SMILES string of the molecule is COc1ccc(NC(NC(=O)c2cccc(I)c2)C(Cl)(Cl)Cl)cc1. The largest absolute Gasteiger partial charge is 0.497 e. The van der Waals surface area contributed by atoms with Crippen LogP contribution in [0.4, 0.5) is 5.69 Å². The third-order valence-corrected chi connectivity index (χ3v) is 4.42. The van der Waals surface area contributed by atoms with Gasteiger partial charge in [0, 0.05) is 14.8 Å². The van der Waals surface area contributed by atoms with Gasteiger partial charge >= 0.3 is 0 Å². The highest BCUT2D eigenvalue weighted by molar-refractivity contribution is 14.1. The first-order chi connectivity index (χ1) is 11.3. The Morgan fingerprint density at radius 2 is 1.83 bits per heavy atom. The predicted molar refractivity (Wildman–Crippen MR) is 107 cm³/mol. The Balaban J connectivity index is 2.14. The molecule has 2 aromatic rings. The molecule has 8 heteroatoms. The topological polar surface area (TPSA) is 50.4 Å². The lowest BCUT2D eigenvalue weighted by molar-refractivity contribution is 0.0942. The number of nitrogens with one attached hydrogen (secondary N) is 2. The molecule has 1 atom stereocenters. The molecule has 128 valence electrons. The first-order valence-electron chi connectivity index (χ1n) is 6.83. The average Bonchev–Trinajstić information content (AvgIpc) is 2.54. The van der Waals surface area contributed by atoms with Crippen LogP contribution < -0.4 is 15.4 Å². The maximum absolute atomic E-state index is 12.4. The zero-order valence-corrected chi connectivity index (χ0v) is 16.9. The molecule has 1 amide bonds. The fourth-order valence-electron chi connectivity index (χ4n) is 1.90. The van der Waals surface area contributed by atoms with Crippen molar-refractivity contribution in [3.05, 3.63) is 57.7 Å².